The summed E-state index contributed by atoms with van der Waals surface area (Å²) in [6, 6.07) is 11.1. The van der Waals surface area contributed by atoms with Gasteiger partial charge in [-0.15, -0.1) is 0 Å². The molecular weight excluding hydrogens is 398 g/mol. The van der Waals surface area contributed by atoms with E-state index in [1.54, 1.807) is 0 Å². The van der Waals surface area contributed by atoms with Crippen molar-refractivity contribution in [1.82, 2.24) is 24.2 Å². The molecule has 3 aromatic rings. The first-order valence-corrected chi connectivity index (χ1v) is 12.2. The largest absolute Gasteiger partial charge is 0.474 e. The molecule has 0 spiro atoms. The topological polar surface area (TPSA) is 45.9 Å². The zero-order valence-corrected chi connectivity index (χ0v) is 19.2. The van der Waals surface area contributed by atoms with Crippen LogP contribution in [0, 0.1) is 12.8 Å². The van der Waals surface area contributed by atoms with Crippen LogP contribution in [0.3, 0.4) is 0 Å². The van der Waals surface area contributed by atoms with Crippen molar-refractivity contribution in [3.8, 4) is 5.88 Å². The van der Waals surface area contributed by atoms with Gasteiger partial charge in [0.25, 0.3) is 0 Å². The predicted octanol–water partition coefficient (Wildman–Crippen LogP) is 4.41. The number of likely N-dealkylation sites (tertiary alicyclic amines) is 1. The van der Waals surface area contributed by atoms with E-state index in [2.05, 4.69) is 58.6 Å². The average Bonchev–Trinajstić information content (AvgIpc) is 3.26. The summed E-state index contributed by atoms with van der Waals surface area (Å²) in [6.07, 6.45) is 10.4. The van der Waals surface area contributed by atoms with Crippen molar-refractivity contribution in [3.05, 3.63) is 59.7 Å². The average molecular weight is 432 g/mol. The van der Waals surface area contributed by atoms with Crippen LogP contribution in [0.1, 0.15) is 61.1 Å². The predicted molar refractivity (Wildman–Crippen MR) is 125 cm³/mol. The van der Waals surface area contributed by atoms with E-state index < -0.39 is 0 Å². The van der Waals surface area contributed by atoms with Crippen molar-refractivity contribution in [2.45, 2.75) is 57.2 Å². The Kier molecular flexibility index (Phi) is 5.15. The zero-order chi connectivity index (χ0) is 21.7. The summed E-state index contributed by atoms with van der Waals surface area (Å²) in [5, 5.41) is 0. The van der Waals surface area contributed by atoms with Gasteiger partial charge in [0.05, 0.1) is 23.5 Å². The van der Waals surface area contributed by atoms with E-state index in [1.807, 2.05) is 12.3 Å². The van der Waals surface area contributed by atoms with Crippen LogP contribution < -0.4 is 4.74 Å². The van der Waals surface area contributed by atoms with Crippen molar-refractivity contribution in [3.63, 3.8) is 0 Å². The van der Waals surface area contributed by atoms with E-state index in [0.29, 0.717) is 24.1 Å². The monoisotopic (exact) mass is 431 g/mol. The molecule has 0 saturated carbocycles. The van der Waals surface area contributed by atoms with Crippen LogP contribution in [0.25, 0.3) is 5.65 Å². The second-order valence-corrected chi connectivity index (χ2v) is 9.89. The van der Waals surface area contributed by atoms with Crippen LogP contribution in [-0.2, 0) is 0 Å². The molecule has 0 radical (unpaired) electrons. The lowest BCUT2D eigenvalue weighted by atomic mass is 9.86. The van der Waals surface area contributed by atoms with Crippen molar-refractivity contribution < 1.29 is 4.74 Å². The molecule has 0 N–H and O–H groups in total. The Hall–Kier alpha value is -2.44. The molecule has 4 fully saturated rings. The number of fused-ring (bicyclic) bond motifs is 4. The van der Waals surface area contributed by atoms with Crippen molar-refractivity contribution in [1.29, 1.82) is 0 Å². The first kappa shape index (κ1) is 20.2. The summed E-state index contributed by atoms with van der Waals surface area (Å²) in [4.78, 5) is 14.8. The molecule has 3 aromatic heterocycles. The zero-order valence-electron chi connectivity index (χ0n) is 19.2. The maximum Gasteiger partial charge on any atom is 0.199 e. The van der Waals surface area contributed by atoms with Gasteiger partial charge in [-0.05, 0) is 88.8 Å². The first-order chi connectivity index (χ1) is 15.7. The number of piperidine rings is 4. The molecule has 2 bridgehead atoms. The fourth-order valence-corrected chi connectivity index (χ4v) is 6.12. The van der Waals surface area contributed by atoms with Gasteiger partial charge in [-0.2, -0.15) is 0 Å². The molecule has 168 valence electrons. The smallest absolute Gasteiger partial charge is 0.199 e. The van der Waals surface area contributed by atoms with Gasteiger partial charge >= 0.3 is 0 Å². The minimum atomic E-state index is 0.291. The van der Waals surface area contributed by atoms with Gasteiger partial charge in [-0.3, -0.25) is 19.2 Å². The fourth-order valence-electron chi connectivity index (χ4n) is 6.12. The summed E-state index contributed by atoms with van der Waals surface area (Å²) >= 11 is 0. The third-order valence-electron chi connectivity index (χ3n) is 7.99. The number of nitrogens with zero attached hydrogens (tertiary/aromatic N) is 5. The molecule has 0 amide bonds. The molecule has 3 atom stereocenters. The molecule has 7 rings (SSSR count). The van der Waals surface area contributed by atoms with Gasteiger partial charge in [-0.1, -0.05) is 12.1 Å². The lowest BCUT2D eigenvalue weighted by molar-refractivity contribution is -0.0105. The van der Waals surface area contributed by atoms with Gasteiger partial charge in [0, 0.05) is 18.9 Å². The van der Waals surface area contributed by atoms with Gasteiger partial charge in [0.1, 0.15) is 11.8 Å². The fraction of sp³-hybridized carbons (Fsp3) is 0.538. The second kappa shape index (κ2) is 8.16. The van der Waals surface area contributed by atoms with Crippen LogP contribution in [0.4, 0.5) is 0 Å². The molecule has 6 heteroatoms. The summed E-state index contributed by atoms with van der Waals surface area (Å²) in [5.74, 6) is 1.61. The minimum Gasteiger partial charge on any atom is -0.474 e. The highest BCUT2D eigenvalue weighted by Gasteiger charge is 2.36. The number of hydrogen-bond acceptors (Lipinski definition) is 5. The Labute approximate surface area is 190 Å². The maximum atomic E-state index is 6.59. The minimum absolute atomic E-state index is 0.291. The SMILES string of the molecule is Cc1cccnc1[C@@H]1CCC[C@H](c2cn3c(OC4CN5CCC4CC5)cccc3n2)N1C. The summed E-state index contributed by atoms with van der Waals surface area (Å²) in [7, 11) is 2.23. The number of aryl methyl sites for hydroxylation is 1. The van der Waals surface area contributed by atoms with E-state index in [-0.39, 0.29) is 0 Å². The summed E-state index contributed by atoms with van der Waals surface area (Å²) in [5.41, 5.74) is 4.59. The highest BCUT2D eigenvalue weighted by molar-refractivity contribution is 5.44. The molecule has 4 aliphatic heterocycles. The van der Waals surface area contributed by atoms with E-state index >= 15 is 0 Å². The van der Waals surface area contributed by atoms with Crippen molar-refractivity contribution >= 4 is 5.65 Å². The van der Waals surface area contributed by atoms with E-state index in [0.717, 1.165) is 36.6 Å². The number of hydrogen-bond donors (Lipinski definition) is 0. The van der Waals surface area contributed by atoms with Crippen LogP contribution in [-0.4, -0.2) is 57.0 Å². The standard InChI is InChI=1S/C26H33N5O/c1-18-6-5-13-27-26(18)22-8-3-7-21(29(22)2)20-16-31-24(28-20)9-4-10-25(31)32-23-17-30-14-11-19(23)12-15-30/h4-6,9-10,13,16,19,21-23H,3,7-8,11-12,14-15,17H2,1-2H3/t21-,22+,23?/m1/s1. The molecule has 4 saturated heterocycles. The summed E-state index contributed by atoms with van der Waals surface area (Å²) in [6.45, 7) is 5.69. The Morgan fingerprint density at radius 3 is 2.62 bits per heavy atom. The number of rotatable bonds is 4. The van der Waals surface area contributed by atoms with Crippen LogP contribution >= 0.6 is 0 Å². The lowest BCUT2D eigenvalue weighted by Gasteiger charge is -2.44. The van der Waals surface area contributed by atoms with Gasteiger partial charge in [0.2, 0.25) is 0 Å². The Morgan fingerprint density at radius 2 is 1.84 bits per heavy atom. The second-order valence-electron chi connectivity index (χ2n) is 9.89. The van der Waals surface area contributed by atoms with Crippen molar-refractivity contribution in [2.75, 3.05) is 26.7 Å². The number of aromatic nitrogens is 3. The Morgan fingerprint density at radius 1 is 1.00 bits per heavy atom. The first-order valence-electron chi connectivity index (χ1n) is 12.2. The third kappa shape index (κ3) is 3.50. The van der Waals surface area contributed by atoms with Crippen LogP contribution in [0.2, 0.25) is 0 Å². The van der Waals surface area contributed by atoms with E-state index in [1.165, 1.54) is 43.6 Å². The van der Waals surface area contributed by atoms with Gasteiger partial charge in [0.15, 0.2) is 5.88 Å². The van der Waals surface area contributed by atoms with Gasteiger partial charge in [-0.25, -0.2) is 4.98 Å². The number of imidazole rings is 1. The normalized spacial score (nSPS) is 30.6. The molecule has 7 heterocycles. The number of pyridine rings is 2. The molecule has 1 unspecified atom stereocenters. The quantitative estimate of drug-likeness (QED) is 0.612. The molecule has 6 nitrogen and oxygen atoms in total. The maximum absolute atomic E-state index is 6.59. The highest BCUT2D eigenvalue weighted by atomic mass is 16.5. The van der Waals surface area contributed by atoms with Crippen LogP contribution in [0.5, 0.6) is 5.88 Å². The molecule has 0 aromatic carbocycles. The number of ether oxygens (including phenoxy) is 1. The highest BCUT2D eigenvalue weighted by Crippen LogP contribution is 2.40. The molecule has 0 aliphatic carbocycles. The Balaban J connectivity index is 1.28. The molecule has 32 heavy (non-hydrogen) atoms. The third-order valence-corrected chi connectivity index (χ3v) is 7.99. The lowest BCUT2D eigenvalue weighted by Crippen LogP contribution is -2.52. The van der Waals surface area contributed by atoms with Crippen LogP contribution in [0.15, 0.2) is 42.7 Å². The van der Waals surface area contributed by atoms with E-state index in [4.69, 9.17) is 14.7 Å². The Bertz CT molecular complexity index is 1100. The van der Waals surface area contributed by atoms with Gasteiger partial charge < -0.3 is 4.74 Å². The van der Waals surface area contributed by atoms with E-state index in [9.17, 15) is 0 Å². The molecule has 4 aliphatic rings. The summed E-state index contributed by atoms with van der Waals surface area (Å²) < 4.78 is 8.76. The van der Waals surface area contributed by atoms with Crippen molar-refractivity contribution in [2.24, 2.45) is 5.92 Å². The molecular formula is C26H33N5O.